The summed E-state index contributed by atoms with van der Waals surface area (Å²) in [5.41, 5.74) is 0. The lowest BCUT2D eigenvalue weighted by molar-refractivity contribution is 0.195. The van der Waals surface area contributed by atoms with Crippen LogP contribution in [0.1, 0.15) is 33.6 Å². The minimum Gasteiger partial charge on any atom is -0.394 e. The maximum absolute atomic E-state index is 9.37. The molecule has 2 unspecified atom stereocenters. The number of hydrogen-bond donors (Lipinski definition) is 2. The molecule has 2 aliphatic rings. The predicted octanol–water partition coefficient (Wildman–Crippen LogP) is 1.06. The molecule has 2 N–H and O–H groups in total. The predicted molar refractivity (Wildman–Crippen MR) is 70.0 cm³/mol. The number of hydrogen-bond acceptors (Lipinski definition) is 4. The van der Waals surface area contributed by atoms with Gasteiger partial charge in [-0.25, -0.2) is 0 Å². The fourth-order valence-corrected chi connectivity index (χ4v) is 2.66. The standard InChI is InChI=1S/C13H25N3O/c1-9(2)12(8-17)15-13-14-6-11-5-4-10(3)7-16(11)13/h9-12,17H,4-8H2,1-3H3,(H,14,15)/t10?,11?,12-/m0/s1. The minimum atomic E-state index is 0.115. The summed E-state index contributed by atoms with van der Waals surface area (Å²) in [6, 6.07) is 0.713. The van der Waals surface area contributed by atoms with Crippen molar-refractivity contribution in [1.82, 2.24) is 10.2 Å². The van der Waals surface area contributed by atoms with E-state index in [1.165, 1.54) is 12.8 Å². The Labute approximate surface area is 104 Å². The molecule has 0 aromatic rings. The van der Waals surface area contributed by atoms with Crippen LogP contribution >= 0.6 is 0 Å². The Kier molecular flexibility index (Phi) is 3.92. The van der Waals surface area contributed by atoms with Gasteiger partial charge in [-0.1, -0.05) is 20.8 Å². The summed E-state index contributed by atoms with van der Waals surface area (Å²) < 4.78 is 0. The Morgan fingerprint density at radius 3 is 2.88 bits per heavy atom. The van der Waals surface area contributed by atoms with Crippen LogP contribution in [0.4, 0.5) is 0 Å². The van der Waals surface area contributed by atoms with Crippen LogP contribution in [-0.2, 0) is 0 Å². The molecule has 0 amide bonds. The van der Waals surface area contributed by atoms with E-state index in [1.54, 1.807) is 0 Å². The zero-order valence-electron chi connectivity index (χ0n) is 11.2. The molecule has 1 fully saturated rings. The largest absolute Gasteiger partial charge is 0.394 e. The molecule has 0 saturated carbocycles. The van der Waals surface area contributed by atoms with Crippen molar-refractivity contribution in [3.05, 3.63) is 0 Å². The molecule has 2 rings (SSSR count). The normalized spacial score (nSPS) is 30.2. The first-order valence-corrected chi connectivity index (χ1v) is 6.80. The summed E-state index contributed by atoms with van der Waals surface area (Å²) >= 11 is 0. The van der Waals surface area contributed by atoms with E-state index in [0.29, 0.717) is 12.0 Å². The number of aliphatic imine (C=N–C) groups is 1. The fraction of sp³-hybridized carbons (Fsp3) is 0.923. The van der Waals surface area contributed by atoms with Crippen molar-refractivity contribution in [3.8, 4) is 0 Å². The van der Waals surface area contributed by atoms with E-state index in [0.717, 1.165) is 25.0 Å². The molecule has 0 spiro atoms. The summed E-state index contributed by atoms with van der Waals surface area (Å²) in [6.07, 6.45) is 2.57. The quantitative estimate of drug-likeness (QED) is 0.774. The summed E-state index contributed by atoms with van der Waals surface area (Å²) in [5, 5.41) is 12.8. The summed E-state index contributed by atoms with van der Waals surface area (Å²) in [6.45, 7) is 8.75. The lowest BCUT2D eigenvalue weighted by Gasteiger charge is -2.37. The third-order valence-corrected chi connectivity index (χ3v) is 3.98. The molecule has 98 valence electrons. The Hall–Kier alpha value is -0.770. The monoisotopic (exact) mass is 239 g/mol. The number of rotatable bonds is 3. The average molecular weight is 239 g/mol. The summed E-state index contributed by atoms with van der Waals surface area (Å²) in [5.74, 6) is 2.18. The van der Waals surface area contributed by atoms with Gasteiger partial charge in [0.1, 0.15) is 0 Å². The number of guanidine groups is 1. The van der Waals surface area contributed by atoms with Crippen LogP contribution in [0.5, 0.6) is 0 Å². The van der Waals surface area contributed by atoms with Gasteiger partial charge in [0.25, 0.3) is 0 Å². The molecule has 1 saturated heterocycles. The van der Waals surface area contributed by atoms with Gasteiger partial charge < -0.3 is 15.3 Å². The molecule has 0 aromatic carbocycles. The molecule has 0 aliphatic carbocycles. The van der Waals surface area contributed by atoms with Gasteiger partial charge in [-0.2, -0.15) is 0 Å². The van der Waals surface area contributed by atoms with Crippen molar-refractivity contribution in [1.29, 1.82) is 0 Å². The van der Waals surface area contributed by atoms with Gasteiger partial charge in [-0.15, -0.1) is 0 Å². The first kappa shape index (κ1) is 12.7. The second-order valence-electron chi connectivity index (χ2n) is 5.83. The first-order chi connectivity index (χ1) is 8.11. The van der Waals surface area contributed by atoms with Crippen molar-refractivity contribution in [2.75, 3.05) is 19.7 Å². The molecular formula is C13H25N3O. The van der Waals surface area contributed by atoms with Crippen LogP contribution in [0.2, 0.25) is 0 Å². The molecule has 4 nitrogen and oxygen atoms in total. The Balaban J connectivity index is 1.97. The van der Waals surface area contributed by atoms with Gasteiger partial charge in [-0.3, -0.25) is 4.99 Å². The maximum Gasteiger partial charge on any atom is 0.194 e. The summed E-state index contributed by atoms with van der Waals surface area (Å²) in [7, 11) is 0. The zero-order chi connectivity index (χ0) is 12.4. The second kappa shape index (κ2) is 5.25. The lowest BCUT2D eigenvalue weighted by Crippen LogP contribution is -2.52. The number of piperidine rings is 1. The number of aliphatic hydroxyl groups excluding tert-OH is 1. The van der Waals surface area contributed by atoms with Gasteiger partial charge in [-0.05, 0) is 24.7 Å². The molecule has 2 aliphatic heterocycles. The molecule has 0 aromatic heterocycles. The van der Waals surface area contributed by atoms with E-state index < -0.39 is 0 Å². The van der Waals surface area contributed by atoms with Gasteiger partial charge in [0.05, 0.1) is 25.2 Å². The van der Waals surface area contributed by atoms with Crippen LogP contribution in [0.25, 0.3) is 0 Å². The van der Waals surface area contributed by atoms with Crippen LogP contribution in [-0.4, -0.2) is 47.7 Å². The molecule has 17 heavy (non-hydrogen) atoms. The molecule has 2 heterocycles. The highest BCUT2D eigenvalue weighted by Crippen LogP contribution is 2.25. The van der Waals surface area contributed by atoms with E-state index in [1.807, 2.05) is 0 Å². The highest BCUT2D eigenvalue weighted by Gasteiger charge is 2.33. The van der Waals surface area contributed by atoms with Crippen molar-refractivity contribution >= 4 is 5.96 Å². The number of nitrogens with one attached hydrogen (secondary N) is 1. The highest BCUT2D eigenvalue weighted by atomic mass is 16.3. The van der Waals surface area contributed by atoms with Crippen molar-refractivity contribution in [2.45, 2.75) is 45.7 Å². The Bertz CT molecular complexity index is 290. The van der Waals surface area contributed by atoms with E-state index in [2.05, 4.69) is 36.0 Å². The minimum absolute atomic E-state index is 0.115. The van der Waals surface area contributed by atoms with Crippen molar-refractivity contribution in [2.24, 2.45) is 16.8 Å². The molecule has 3 atom stereocenters. The highest BCUT2D eigenvalue weighted by molar-refractivity contribution is 5.82. The van der Waals surface area contributed by atoms with E-state index in [-0.39, 0.29) is 12.6 Å². The van der Waals surface area contributed by atoms with Gasteiger partial charge in [0.15, 0.2) is 5.96 Å². The topological polar surface area (TPSA) is 47.9 Å². The first-order valence-electron chi connectivity index (χ1n) is 6.80. The number of fused-ring (bicyclic) bond motifs is 1. The molecule has 0 bridgehead atoms. The van der Waals surface area contributed by atoms with E-state index >= 15 is 0 Å². The smallest absolute Gasteiger partial charge is 0.194 e. The zero-order valence-corrected chi connectivity index (χ0v) is 11.2. The second-order valence-corrected chi connectivity index (χ2v) is 5.83. The van der Waals surface area contributed by atoms with Crippen LogP contribution in [0.15, 0.2) is 4.99 Å². The van der Waals surface area contributed by atoms with Gasteiger partial charge >= 0.3 is 0 Å². The van der Waals surface area contributed by atoms with Crippen molar-refractivity contribution < 1.29 is 5.11 Å². The average Bonchev–Trinajstić information content (AvgIpc) is 2.68. The van der Waals surface area contributed by atoms with Crippen LogP contribution < -0.4 is 5.32 Å². The van der Waals surface area contributed by atoms with Gasteiger partial charge in [0.2, 0.25) is 0 Å². The number of nitrogens with zero attached hydrogens (tertiary/aromatic N) is 2. The molecule has 0 radical (unpaired) electrons. The van der Waals surface area contributed by atoms with Crippen LogP contribution in [0.3, 0.4) is 0 Å². The van der Waals surface area contributed by atoms with Crippen LogP contribution in [0, 0.1) is 11.8 Å². The Morgan fingerprint density at radius 2 is 2.24 bits per heavy atom. The fourth-order valence-electron chi connectivity index (χ4n) is 2.66. The molecule has 4 heteroatoms. The van der Waals surface area contributed by atoms with E-state index in [9.17, 15) is 5.11 Å². The molecular weight excluding hydrogens is 214 g/mol. The lowest BCUT2D eigenvalue weighted by atomic mass is 9.95. The SMILES string of the molecule is CC1CCC2CN=C(N[C@@H](CO)C(C)C)N2C1. The van der Waals surface area contributed by atoms with E-state index in [4.69, 9.17) is 0 Å². The Morgan fingerprint density at radius 1 is 1.47 bits per heavy atom. The third-order valence-electron chi connectivity index (χ3n) is 3.98. The maximum atomic E-state index is 9.37. The van der Waals surface area contributed by atoms with Crippen molar-refractivity contribution in [3.63, 3.8) is 0 Å². The number of aliphatic hydroxyl groups is 1. The summed E-state index contributed by atoms with van der Waals surface area (Å²) in [4.78, 5) is 7.01. The third kappa shape index (κ3) is 2.73. The van der Waals surface area contributed by atoms with Gasteiger partial charge in [0, 0.05) is 6.54 Å².